The molecular weight excluding hydrogens is 324 g/mol. The summed E-state index contributed by atoms with van der Waals surface area (Å²) in [6.07, 6.45) is 4.17. The highest BCUT2D eigenvalue weighted by Crippen LogP contribution is 2.32. The molecule has 1 amide bonds. The Kier molecular flexibility index (Phi) is 4.23. The molecule has 1 aromatic carbocycles. The normalized spacial score (nSPS) is 15.2. The van der Waals surface area contributed by atoms with Crippen molar-refractivity contribution in [1.82, 2.24) is 20.1 Å². The average Bonchev–Trinajstić information content (AvgIpc) is 3.39. The zero-order valence-corrected chi connectivity index (χ0v) is 15.5. The molecule has 1 unspecified atom stereocenters. The van der Waals surface area contributed by atoms with Gasteiger partial charge < -0.3 is 5.32 Å². The van der Waals surface area contributed by atoms with E-state index in [1.54, 1.807) is 6.20 Å². The van der Waals surface area contributed by atoms with Gasteiger partial charge in [-0.2, -0.15) is 5.10 Å². The number of hydrogen-bond donors (Lipinski definition) is 1. The fraction of sp³-hybridized carbons (Fsp3) is 0.381. The molecule has 0 bridgehead atoms. The Balaban J connectivity index is 1.66. The molecule has 1 N–H and O–H groups in total. The van der Waals surface area contributed by atoms with Crippen LogP contribution in [0.5, 0.6) is 0 Å². The first-order valence-electron chi connectivity index (χ1n) is 9.21. The second-order valence-corrected chi connectivity index (χ2v) is 7.44. The summed E-state index contributed by atoms with van der Waals surface area (Å²) in [6.45, 7) is 6.72. The Hall–Kier alpha value is -2.69. The van der Waals surface area contributed by atoms with Gasteiger partial charge in [-0.1, -0.05) is 29.8 Å². The lowest BCUT2D eigenvalue weighted by molar-refractivity contribution is 0.0937. The molecule has 1 fully saturated rings. The summed E-state index contributed by atoms with van der Waals surface area (Å²) in [7, 11) is 0. The molecule has 1 aliphatic rings. The monoisotopic (exact) mass is 348 g/mol. The predicted molar refractivity (Wildman–Crippen MR) is 102 cm³/mol. The smallest absolute Gasteiger partial charge is 0.252 e. The Morgan fingerprint density at radius 1 is 1.27 bits per heavy atom. The van der Waals surface area contributed by atoms with Crippen molar-refractivity contribution in [1.29, 1.82) is 0 Å². The summed E-state index contributed by atoms with van der Waals surface area (Å²) < 4.78 is 1.87. The van der Waals surface area contributed by atoms with E-state index in [0.29, 0.717) is 18.0 Å². The lowest BCUT2D eigenvalue weighted by atomic mass is 10.1. The molecular formula is C21H24N4O. The van der Waals surface area contributed by atoms with E-state index in [1.807, 2.05) is 17.7 Å². The fourth-order valence-corrected chi connectivity index (χ4v) is 3.34. The van der Waals surface area contributed by atoms with Gasteiger partial charge in [0.15, 0.2) is 5.65 Å². The van der Waals surface area contributed by atoms with Gasteiger partial charge in [-0.3, -0.25) is 4.79 Å². The Bertz CT molecular complexity index is 954. The SMILES string of the molecule is Cc1ccc(Cn2ncc3c(C(=O)NC(C)C4CC4)cc(C)nc32)cc1. The second-order valence-electron chi connectivity index (χ2n) is 7.44. The third kappa shape index (κ3) is 3.34. The van der Waals surface area contributed by atoms with Crippen LogP contribution in [-0.2, 0) is 6.54 Å². The second kappa shape index (κ2) is 6.56. The van der Waals surface area contributed by atoms with Crippen LogP contribution in [-0.4, -0.2) is 26.7 Å². The number of pyridine rings is 1. The number of amides is 1. The zero-order chi connectivity index (χ0) is 18.3. The quantitative estimate of drug-likeness (QED) is 0.766. The lowest BCUT2D eigenvalue weighted by Crippen LogP contribution is -2.34. The summed E-state index contributed by atoms with van der Waals surface area (Å²) in [5.74, 6) is 0.594. The van der Waals surface area contributed by atoms with Crippen molar-refractivity contribution in [2.75, 3.05) is 0 Å². The number of aromatic nitrogens is 3. The number of aryl methyl sites for hydroxylation is 2. The molecule has 1 saturated carbocycles. The van der Waals surface area contributed by atoms with Gasteiger partial charge >= 0.3 is 0 Å². The van der Waals surface area contributed by atoms with Crippen molar-refractivity contribution in [3.8, 4) is 0 Å². The summed E-state index contributed by atoms with van der Waals surface area (Å²) in [4.78, 5) is 17.4. The summed E-state index contributed by atoms with van der Waals surface area (Å²) in [6, 6.07) is 10.5. The maximum absolute atomic E-state index is 12.8. The predicted octanol–water partition coefficient (Wildman–Crippen LogP) is 3.62. The van der Waals surface area contributed by atoms with E-state index in [0.717, 1.165) is 22.3 Å². The van der Waals surface area contributed by atoms with Crippen LogP contribution in [0.1, 0.15) is 46.9 Å². The molecule has 0 aliphatic heterocycles. The number of rotatable bonds is 5. The van der Waals surface area contributed by atoms with Crippen LogP contribution in [0.25, 0.3) is 11.0 Å². The maximum atomic E-state index is 12.8. The highest BCUT2D eigenvalue weighted by molar-refractivity contribution is 6.05. The van der Waals surface area contributed by atoms with Crippen molar-refractivity contribution in [3.05, 3.63) is 58.9 Å². The first kappa shape index (κ1) is 16.8. The van der Waals surface area contributed by atoms with Gasteiger partial charge in [0.25, 0.3) is 5.91 Å². The summed E-state index contributed by atoms with van der Waals surface area (Å²) >= 11 is 0. The van der Waals surface area contributed by atoms with Crippen LogP contribution in [0.4, 0.5) is 0 Å². The van der Waals surface area contributed by atoms with Gasteiger partial charge in [0.2, 0.25) is 0 Å². The minimum absolute atomic E-state index is 0.0326. The largest absolute Gasteiger partial charge is 0.349 e. The average molecular weight is 348 g/mol. The van der Waals surface area contributed by atoms with Crippen molar-refractivity contribution < 1.29 is 4.79 Å². The highest BCUT2D eigenvalue weighted by Gasteiger charge is 2.29. The molecule has 134 valence electrons. The Morgan fingerprint density at radius 3 is 2.69 bits per heavy atom. The minimum atomic E-state index is -0.0326. The van der Waals surface area contributed by atoms with Gasteiger partial charge in [-0.25, -0.2) is 9.67 Å². The van der Waals surface area contributed by atoms with Gasteiger partial charge in [-0.15, -0.1) is 0 Å². The van der Waals surface area contributed by atoms with Crippen molar-refractivity contribution in [3.63, 3.8) is 0 Å². The first-order chi connectivity index (χ1) is 12.5. The summed E-state index contributed by atoms with van der Waals surface area (Å²) in [5, 5.41) is 8.45. The van der Waals surface area contributed by atoms with E-state index in [4.69, 9.17) is 0 Å². The molecule has 0 spiro atoms. The first-order valence-corrected chi connectivity index (χ1v) is 9.21. The van der Waals surface area contributed by atoms with Gasteiger partial charge in [0.05, 0.1) is 23.7 Å². The molecule has 1 aliphatic carbocycles. The maximum Gasteiger partial charge on any atom is 0.252 e. The van der Waals surface area contributed by atoms with Gasteiger partial charge in [-0.05, 0) is 51.2 Å². The lowest BCUT2D eigenvalue weighted by Gasteiger charge is -2.13. The van der Waals surface area contributed by atoms with Gasteiger partial charge in [0, 0.05) is 11.7 Å². The van der Waals surface area contributed by atoms with Gasteiger partial charge in [0.1, 0.15) is 0 Å². The third-order valence-electron chi connectivity index (χ3n) is 5.12. The molecule has 1 atom stereocenters. The number of benzene rings is 1. The molecule has 2 heterocycles. The number of hydrogen-bond acceptors (Lipinski definition) is 3. The topological polar surface area (TPSA) is 59.8 Å². The van der Waals surface area contributed by atoms with Crippen LogP contribution >= 0.6 is 0 Å². The standard InChI is InChI=1S/C21H24N4O/c1-13-4-6-16(7-5-13)12-25-20-19(11-22-25)18(10-14(2)23-20)21(26)24-15(3)17-8-9-17/h4-7,10-11,15,17H,8-9,12H2,1-3H3,(H,24,26). The molecule has 26 heavy (non-hydrogen) atoms. The van der Waals surface area contributed by atoms with Crippen LogP contribution in [0.15, 0.2) is 36.5 Å². The van der Waals surface area contributed by atoms with Crippen LogP contribution in [0, 0.1) is 19.8 Å². The Morgan fingerprint density at radius 2 is 2.00 bits per heavy atom. The molecule has 5 heteroatoms. The zero-order valence-electron chi connectivity index (χ0n) is 15.5. The fourth-order valence-electron chi connectivity index (χ4n) is 3.34. The van der Waals surface area contributed by atoms with E-state index in [9.17, 15) is 4.79 Å². The van der Waals surface area contributed by atoms with E-state index in [-0.39, 0.29) is 11.9 Å². The molecule has 0 saturated heterocycles. The number of carbonyl (C=O) groups is 1. The van der Waals surface area contributed by atoms with Crippen molar-refractivity contribution >= 4 is 16.9 Å². The van der Waals surface area contributed by atoms with E-state index >= 15 is 0 Å². The highest BCUT2D eigenvalue weighted by atomic mass is 16.1. The van der Waals surface area contributed by atoms with E-state index in [2.05, 4.69) is 53.5 Å². The molecule has 5 nitrogen and oxygen atoms in total. The summed E-state index contributed by atoms with van der Waals surface area (Å²) in [5.41, 5.74) is 4.64. The number of carbonyl (C=O) groups excluding carboxylic acids is 1. The Labute approximate surface area is 153 Å². The third-order valence-corrected chi connectivity index (χ3v) is 5.12. The molecule has 0 radical (unpaired) electrons. The number of nitrogens with one attached hydrogen (secondary N) is 1. The van der Waals surface area contributed by atoms with Crippen molar-refractivity contribution in [2.24, 2.45) is 5.92 Å². The van der Waals surface area contributed by atoms with Crippen molar-refractivity contribution in [2.45, 2.75) is 46.2 Å². The molecule has 3 aromatic rings. The van der Waals surface area contributed by atoms with Crippen LogP contribution in [0.2, 0.25) is 0 Å². The van der Waals surface area contributed by atoms with Crippen LogP contribution < -0.4 is 5.32 Å². The number of nitrogens with zero attached hydrogens (tertiary/aromatic N) is 3. The van der Waals surface area contributed by atoms with E-state index in [1.165, 1.54) is 18.4 Å². The van der Waals surface area contributed by atoms with Crippen LogP contribution in [0.3, 0.4) is 0 Å². The molecule has 2 aromatic heterocycles. The minimum Gasteiger partial charge on any atom is -0.349 e. The van der Waals surface area contributed by atoms with E-state index < -0.39 is 0 Å². The number of fused-ring (bicyclic) bond motifs is 1. The molecule has 4 rings (SSSR count).